The summed E-state index contributed by atoms with van der Waals surface area (Å²) in [6, 6.07) is 13.1. The first-order valence-electron chi connectivity index (χ1n) is 6.68. The molecule has 0 unspecified atom stereocenters. The van der Waals surface area contributed by atoms with E-state index >= 15 is 0 Å². The van der Waals surface area contributed by atoms with Crippen molar-refractivity contribution in [1.82, 2.24) is 10.3 Å². The fourth-order valence-electron chi connectivity index (χ4n) is 1.79. The highest BCUT2D eigenvalue weighted by Gasteiger charge is 2.17. The smallest absolute Gasteiger partial charge is 0.261 e. The molecule has 1 N–H and O–H groups in total. The van der Waals surface area contributed by atoms with Crippen LogP contribution in [0.15, 0.2) is 54.9 Å². The second-order valence-corrected chi connectivity index (χ2v) is 4.40. The highest BCUT2D eigenvalue weighted by atomic mass is 16.5. The minimum Gasteiger partial charge on any atom is -0.481 e. The normalized spacial score (nSPS) is 11.7. The molecule has 20 heavy (non-hydrogen) atoms. The summed E-state index contributed by atoms with van der Waals surface area (Å²) in [5.74, 6) is 0.603. The van der Waals surface area contributed by atoms with Gasteiger partial charge in [0.15, 0.2) is 6.10 Å². The maximum atomic E-state index is 12.1. The zero-order chi connectivity index (χ0) is 14.2. The standard InChI is InChI=1S/C16H18N2O2/c1-2-15(20-14-6-4-3-5-7-14)16(19)18-12-13-8-10-17-11-9-13/h3-11,15H,2,12H2,1H3,(H,18,19)/t15-/m1/s1. The number of para-hydroxylation sites is 1. The van der Waals surface area contributed by atoms with Gasteiger partial charge in [0.25, 0.3) is 5.91 Å². The van der Waals surface area contributed by atoms with E-state index < -0.39 is 6.10 Å². The number of pyridine rings is 1. The van der Waals surface area contributed by atoms with E-state index in [1.165, 1.54) is 0 Å². The van der Waals surface area contributed by atoms with Crippen LogP contribution >= 0.6 is 0 Å². The molecule has 0 spiro atoms. The molecule has 1 aromatic heterocycles. The van der Waals surface area contributed by atoms with Gasteiger partial charge in [0.05, 0.1) is 0 Å². The number of amides is 1. The fraction of sp³-hybridized carbons (Fsp3) is 0.250. The number of hydrogen-bond acceptors (Lipinski definition) is 3. The van der Waals surface area contributed by atoms with Gasteiger partial charge in [-0.2, -0.15) is 0 Å². The van der Waals surface area contributed by atoms with E-state index in [-0.39, 0.29) is 5.91 Å². The second kappa shape index (κ2) is 7.28. The Morgan fingerprint density at radius 3 is 2.55 bits per heavy atom. The van der Waals surface area contributed by atoms with Gasteiger partial charge in [-0.1, -0.05) is 25.1 Å². The molecule has 1 aromatic carbocycles. The lowest BCUT2D eigenvalue weighted by atomic mass is 10.2. The molecule has 2 rings (SSSR count). The van der Waals surface area contributed by atoms with E-state index in [1.54, 1.807) is 12.4 Å². The van der Waals surface area contributed by atoms with Gasteiger partial charge >= 0.3 is 0 Å². The van der Waals surface area contributed by atoms with Gasteiger partial charge in [0.2, 0.25) is 0 Å². The first kappa shape index (κ1) is 14.1. The lowest BCUT2D eigenvalue weighted by Crippen LogP contribution is -2.37. The lowest BCUT2D eigenvalue weighted by molar-refractivity contribution is -0.128. The maximum absolute atomic E-state index is 12.1. The molecule has 0 radical (unpaired) electrons. The molecule has 4 nitrogen and oxygen atoms in total. The molecule has 104 valence electrons. The Balaban J connectivity index is 1.89. The quantitative estimate of drug-likeness (QED) is 0.877. The molecule has 4 heteroatoms. The predicted octanol–water partition coefficient (Wildman–Crippen LogP) is 2.56. The summed E-state index contributed by atoms with van der Waals surface area (Å²) < 4.78 is 5.69. The summed E-state index contributed by atoms with van der Waals surface area (Å²) in [6.07, 6.45) is 3.56. The Bertz CT molecular complexity index is 529. The van der Waals surface area contributed by atoms with Crippen molar-refractivity contribution in [3.63, 3.8) is 0 Å². The summed E-state index contributed by atoms with van der Waals surface area (Å²) >= 11 is 0. The van der Waals surface area contributed by atoms with Crippen LogP contribution in [0, 0.1) is 0 Å². The van der Waals surface area contributed by atoms with Crippen LogP contribution in [-0.4, -0.2) is 17.0 Å². The third kappa shape index (κ3) is 4.09. The van der Waals surface area contributed by atoms with Crippen molar-refractivity contribution in [3.05, 3.63) is 60.4 Å². The monoisotopic (exact) mass is 270 g/mol. The van der Waals surface area contributed by atoms with Crippen molar-refractivity contribution in [1.29, 1.82) is 0 Å². The minimum absolute atomic E-state index is 0.104. The maximum Gasteiger partial charge on any atom is 0.261 e. The number of nitrogens with zero attached hydrogens (tertiary/aromatic N) is 1. The largest absolute Gasteiger partial charge is 0.481 e. The summed E-state index contributed by atoms with van der Waals surface area (Å²) in [4.78, 5) is 16.0. The van der Waals surface area contributed by atoms with Crippen LogP contribution in [0.1, 0.15) is 18.9 Å². The zero-order valence-electron chi connectivity index (χ0n) is 11.5. The summed E-state index contributed by atoms with van der Waals surface area (Å²) in [7, 11) is 0. The molecule has 0 fully saturated rings. The number of nitrogens with one attached hydrogen (secondary N) is 1. The van der Waals surface area contributed by atoms with Gasteiger partial charge in [0, 0.05) is 18.9 Å². The predicted molar refractivity (Wildman–Crippen MR) is 77.2 cm³/mol. The van der Waals surface area contributed by atoms with Crippen molar-refractivity contribution in [2.24, 2.45) is 0 Å². The lowest BCUT2D eigenvalue weighted by Gasteiger charge is -2.17. The van der Waals surface area contributed by atoms with E-state index in [4.69, 9.17) is 4.74 Å². The SMILES string of the molecule is CC[C@@H](Oc1ccccc1)C(=O)NCc1ccncc1. The van der Waals surface area contributed by atoms with Crippen molar-refractivity contribution in [2.75, 3.05) is 0 Å². The van der Waals surface area contributed by atoms with Crippen molar-refractivity contribution >= 4 is 5.91 Å². The molecule has 0 aliphatic carbocycles. The van der Waals surface area contributed by atoms with Gasteiger partial charge in [-0.25, -0.2) is 0 Å². The summed E-state index contributed by atoms with van der Waals surface area (Å²) in [6.45, 7) is 2.41. The number of carbonyl (C=O) groups excluding carboxylic acids is 1. The Kier molecular flexibility index (Phi) is 5.12. The molecule has 0 saturated carbocycles. The average molecular weight is 270 g/mol. The molecule has 0 aliphatic heterocycles. The molecule has 0 saturated heterocycles. The highest BCUT2D eigenvalue weighted by molar-refractivity contribution is 5.81. The highest BCUT2D eigenvalue weighted by Crippen LogP contribution is 2.12. The fourth-order valence-corrected chi connectivity index (χ4v) is 1.79. The first-order valence-corrected chi connectivity index (χ1v) is 6.68. The number of hydrogen-bond donors (Lipinski definition) is 1. The summed E-state index contributed by atoms with van der Waals surface area (Å²) in [5.41, 5.74) is 1.02. The first-order chi connectivity index (χ1) is 9.79. The average Bonchev–Trinajstić information content (AvgIpc) is 2.52. The van der Waals surface area contributed by atoms with E-state index in [1.807, 2.05) is 49.4 Å². The Hall–Kier alpha value is -2.36. The number of aromatic nitrogens is 1. The number of rotatable bonds is 6. The van der Waals surface area contributed by atoms with Crippen molar-refractivity contribution < 1.29 is 9.53 Å². The molecular weight excluding hydrogens is 252 g/mol. The topological polar surface area (TPSA) is 51.2 Å². The number of carbonyl (C=O) groups is 1. The van der Waals surface area contributed by atoms with Crippen LogP contribution in [0.25, 0.3) is 0 Å². The molecule has 0 bridgehead atoms. The van der Waals surface area contributed by atoms with E-state index in [9.17, 15) is 4.79 Å². The molecule has 1 heterocycles. The van der Waals surface area contributed by atoms with Gasteiger partial charge in [-0.05, 0) is 36.2 Å². The molecule has 2 aromatic rings. The summed E-state index contributed by atoms with van der Waals surface area (Å²) in [5, 5.41) is 2.88. The van der Waals surface area contributed by atoms with E-state index in [2.05, 4.69) is 10.3 Å². The molecule has 0 aliphatic rings. The van der Waals surface area contributed by atoms with Crippen LogP contribution < -0.4 is 10.1 Å². The van der Waals surface area contributed by atoms with Crippen LogP contribution in [0.4, 0.5) is 0 Å². The van der Waals surface area contributed by atoms with Gasteiger partial charge < -0.3 is 10.1 Å². The van der Waals surface area contributed by atoms with Crippen LogP contribution in [0.5, 0.6) is 5.75 Å². The Morgan fingerprint density at radius 2 is 1.90 bits per heavy atom. The Morgan fingerprint density at radius 1 is 1.20 bits per heavy atom. The van der Waals surface area contributed by atoms with Gasteiger partial charge in [-0.3, -0.25) is 9.78 Å². The number of benzene rings is 1. The minimum atomic E-state index is -0.473. The van der Waals surface area contributed by atoms with Gasteiger partial charge in [-0.15, -0.1) is 0 Å². The third-order valence-electron chi connectivity index (χ3n) is 2.90. The van der Waals surface area contributed by atoms with Gasteiger partial charge in [0.1, 0.15) is 5.75 Å². The van der Waals surface area contributed by atoms with E-state index in [0.29, 0.717) is 18.7 Å². The van der Waals surface area contributed by atoms with Crippen LogP contribution in [-0.2, 0) is 11.3 Å². The van der Waals surface area contributed by atoms with Crippen molar-refractivity contribution in [3.8, 4) is 5.75 Å². The zero-order valence-corrected chi connectivity index (χ0v) is 11.5. The molecule has 1 amide bonds. The molecule has 1 atom stereocenters. The van der Waals surface area contributed by atoms with Crippen LogP contribution in [0.3, 0.4) is 0 Å². The Labute approximate surface area is 118 Å². The third-order valence-corrected chi connectivity index (χ3v) is 2.90. The molecular formula is C16H18N2O2. The van der Waals surface area contributed by atoms with Crippen LogP contribution in [0.2, 0.25) is 0 Å². The number of ether oxygens (including phenoxy) is 1. The van der Waals surface area contributed by atoms with E-state index in [0.717, 1.165) is 5.56 Å². The second-order valence-electron chi connectivity index (χ2n) is 4.40. The van der Waals surface area contributed by atoms with Crippen molar-refractivity contribution in [2.45, 2.75) is 26.0 Å².